The Balaban J connectivity index is 1.86. The number of carbonyl (C=O) groups is 1. The summed E-state index contributed by atoms with van der Waals surface area (Å²) < 4.78 is 10.6. The molecular formula is C15H14ClNO3. The van der Waals surface area contributed by atoms with Gasteiger partial charge >= 0.3 is 5.97 Å². The van der Waals surface area contributed by atoms with Crippen molar-refractivity contribution in [2.24, 2.45) is 0 Å². The molecule has 1 heterocycles. The minimum Gasteiger partial charge on any atom is -0.479 e. The highest BCUT2D eigenvalue weighted by atomic mass is 35.5. The van der Waals surface area contributed by atoms with E-state index in [1.165, 1.54) is 0 Å². The van der Waals surface area contributed by atoms with Crippen LogP contribution in [0.25, 0.3) is 0 Å². The van der Waals surface area contributed by atoms with Crippen molar-refractivity contribution in [1.29, 1.82) is 0 Å². The van der Waals surface area contributed by atoms with E-state index < -0.39 is 12.1 Å². The van der Waals surface area contributed by atoms with E-state index >= 15 is 0 Å². The normalized spacial score (nSPS) is 11.7. The van der Waals surface area contributed by atoms with Gasteiger partial charge in [0.1, 0.15) is 12.4 Å². The monoisotopic (exact) mass is 291 g/mol. The minimum atomic E-state index is -0.711. The number of pyridine rings is 1. The van der Waals surface area contributed by atoms with Crippen molar-refractivity contribution < 1.29 is 14.3 Å². The van der Waals surface area contributed by atoms with Crippen molar-refractivity contribution in [2.75, 3.05) is 0 Å². The number of esters is 1. The van der Waals surface area contributed by atoms with Gasteiger partial charge in [-0.25, -0.2) is 4.79 Å². The quantitative estimate of drug-likeness (QED) is 0.794. The first kappa shape index (κ1) is 14.3. The second-order valence-corrected chi connectivity index (χ2v) is 4.58. The third-order valence-electron chi connectivity index (χ3n) is 2.53. The first-order valence-corrected chi connectivity index (χ1v) is 6.52. The summed E-state index contributed by atoms with van der Waals surface area (Å²) >= 11 is 5.84. The lowest BCUT2D eigenvalue weighted by molar-refractivity contribution is -0.152. The summed E-state index contributed by atoms with van der Waals surface area (Å²) in [6, 6.07) is 12.3. The molecule has 0 fully saturated rings. The fourth-order valence-electron chi connectivity index (χ4n) is 1.54. The molecule has 0 aliphatic carbocycles. The highest BCUT2D eigenvalue weighted by Crippen LogP contribution is 2.18. The lowest BCUT2D eigenvalue weighted by atomic mass is 10.3. The van der Waals surface area contributed by atoms with Crippen molar-refractivity contribution in [1.82, 2.24) is 4.98 Å². The molecule has 0 aliphatic rings. The Morgan fingerprint density at radius 1 is 1.30 bits per heavy atom. The maximum Gasteiger partial charge on any atom is 0.347 e. The molecule has 2 aromatic rings. The number of nitrogens with zero attached hydrogens (tertiary/aromatic N) is 1. The fourth-order valence-corrected chi connectivity index (χ4v) is 1.72. The summed E-state index contributed by atoms with van der Waals surface area (Å²) in [6.45, 7) is 1.75. The molecule has 0 aliphatic heterocycles. The highest BCUT2D eigenvalue weighted by Gasteiger charge is 2.16. The smallest absolute Gasteiger partial charge is 0.347 e. The summed E-state index contributed by atoms with van der Waals surface area (Å²) in [5.41, 5.74) is 0.691. The number of benzene rings is 1. The topological polar surface area (TPSA) is 48.4 Å². The van der Waals surface area contributed by atoms with Crippen molar-refractivity contribution in [3.05, 3.63) is 59.4 Å². The Morgan fingerprint density at radius 3 is 2.85 bits per heavy atom. The van der Waals surface area contributed by atoms with Crippen LogP contribution in [-0.2, 0) is 16.1 Å². The molecule has 1 atom stereocenters. The zero-order chi connectivity index (χ0) is 14.4. The lowest BCUT2D eigenvalue weighted by Gasteiger charge is -2.14. The third-order valence-corrected chi connectivity index (χ3v) is 2.76. The van der Waals surface area contributed by atoms with Crippen molar-refractivity contribution in [2.45, 2.75) is 19.6 Å². The van der Waals surface area contributed by atoms with Crippen LogP contribution in [0.3, 0.4) is 0 Å². The maximum absolute atomic E-state index is 11.8. The number of rotatable bonds is 5. The number of carbonyl (C=O) groups excluding carboxylic acids is 1. The number of hydrogen-bond acceptors (Lipinski definition) is 4. The Kier molecular flexibility index (Phi) is 4.96. The predicted molar refractivity (Wildman–Crippen MR) is 75.6 cm³/mol. The minimum absolute atomic E-state index is 0.128. The average molecular weight is 292 g/mol. The van der Waals surface area contributed by atoms with Crippen LogP contribution in [0.1, 0.15) is 12.6 Å². The molecule has 0 N–H and O–H groups in total. The second-order valence-electron chi connectivity index (χ2n) is 4.15. The van der Waals surface area contributed by atoms with Gasteiger partial charge in [0.25, 0.3) is 0 Å². The predicted octanol–water partition coefficient (Wildman–Crippen LogP) is 3.25. The molecule has 0 saturated carbocycles. The molecular weight excluding hydrogens is 278 g/mol. The van der Waals surface area contributed by atoms with Crippen LogP contribution in [0.15, 0.2) is 48.7 Å². The van der Waals surface area contributed by atoms with Gasteiger partial charge in [-0.05, 0) is 37.3 Å². The van der Waals surface area contributed by atoms with Crippen molar-refractivity contribution in [3.63, 3.8) is 0 Å². The molecule has 0 radical (unpaired) electrons. The Bertz CT molecular complexity index is 574. The zero-order valence-corrected chi connectivity index (χ0v) is 11.7. The van der Waals surface area contributed by atoms with Crippen LogP contribution in [0.2, 0.25) is 5.02 Å². The van der Waals surface area contributed by atoms with Crippen LogP contribution in [0.5, 0.6) is 5.75 Å². The third kappa shape index (κ3) is 4.24. The first-order valence-electron chi connectivity index (χ1n) is 6.14. The van der Waals surface area contributed by atoms with Crippen molar-refractivity contribution in [3.8, 4) is 5.75 Å². The zero-order valence-electron chi connectivity index (χ0n) is 11.0. The molecule has 0 bridgehead atoms. The van der Waals surface area contributed by atoms with Gasteiger partial charge in [-0.2, -0.15) is 0 Å². The number of aromatic nitrogens is 1. The molecule has 2 rings (SSSR count). The molecule has 104 valence electrons. The molecule has 20 heavy (non-hydrogen) atoms. The fraction of sp³-hybridized carbons (Fsp3) is 0.200. The molecule has 0 saturated heterocycles. The second kappa shape index (κ2) is 6.91. The summed E-state index contributed by atoms with van der Waals surface area (Å²) in [7, 11) is 0. The lowest BCUT2D eigenvalue weighted by Crippen LogP contribution is -2.26. The standard InChI is InChI=1S/C15H14ClNO3/c1-11(20-14-7-4-5-12(16)9-14)15(18)19-10-13-6-2-3-8-17-13/h2-9,11H,10H2,1H3. The van der Waals surface area contributed by atoms with Crippen LogP contribution in [0.4, 0.5) is 0 Å². The molecule has 1 aromatic heterocycles. The molecule has 0 amide bonds. The SMILES string of the molecule is CC(Oc1cccc(Cl)c1)C(=O)OCc1ccccn1. The van der Waals surface area contributed by atoms with Crippen LogP contribution >= 0.6 is 11.6 Å². The molecule has 5 heteroatoms. The van der Waals surface area contributed by atoms with Gasteiger partial charge < -0.3 is 9.47 Å². The first-order chi connectivity index (χ1) is 9.65. The number of halogens is 1. The number of ether oxygens (including phenoxy) is 2. The van der Waals surface area contributed by atoms with E-state index in [0.29, 0.717) is 16.5 Å². The van der Waals surface area contributed by atoms with Gasteiger partial charge in [-0.15, -0.1) is 0 Å². The molecule has 1 aromatic carbocycles. The van der Waals surface area contributed by atoms with E-state index in [9.17, 15) is 4.79 Å². The molecule has 0 spiro atoms. The van der Waals surface area contributed by atoms with Gasteiger partial charge in [-0.3, -0.25) is 4.98 Å². The maximum atomic E-state index is 11.8. The van der Waals surface area contributed by atoms with E-state index in [1.54, 1.807) is 49.5 Å². The van der Waals surface area contributed by atoms with E-state index in [4.69, 9.17) is 21.1 Å². The summed E-state index contributed by atoms with van der Waals surface area (Å²) in [6.07, 6.45) is 0.937. The highest BCUT2D eigenvalue weighted by molar-refractivity contribution is 6.30. The van der Waals surface area contributed by atoms with Crippen LogP contribution in [-0.4, -0.2) is 17.1 Å². The van der Waals surface area contributed by atoms with E-state index in [-0.39, 0.29) is 6.61 Å². The molecule has 4 nitrogen and oxygen atoms in total. The molecule has 1 unspecified atom stereocenters. The summed E-state index contributed by atoms with van der Waals surface area (Å²) in [5, 5.41) is 0.552. The van der Waals surface area contributed by atoms with E-state index in [1.807, 2.05) is 6.07 Å². The Morgan fingerprint density at radius 2 is 2.15 bits per heavy atom. The van der Waals surface area contributed by atoms with Gasteiger partial charge in [0.05, 0.1) is 5.69 Å². The van der Waals surface area contributed by atoms with Gasteiger partial charge in [0.15, 0.2) is 6.10 Å². The number of hydrogen-bond donors (Lipinski definition) is 0. The van der Waals surface area contributed by atoms with Crippen LogP contribution < -0.4 is 4.74 Å². The van der Waals surface area contributed by atoms with Crippen molar-refractivity contribution >= 4 is 17.6 Å². The van der Waals surface area contributed by atoms with Gasteiger partial charge in [0, 0.05) is 11.2 Å². The van der Waals surface area contributed by atoms with Gasteiger partial charge in [0.2, 0.25) is 0 Å². The van der Waals surface area contributed by atoms with E-state index in [2.05, 4.69) is 4.98 Å². The van der Waals surface area contributed by atoms with Gasteiger partial charge in [-0.1, -0.05) is 23.7 Å². The Labute approximate surface area is 122 Å². The summed E-state index contributed by atoms with van der Waals surface area (Å²) in [5.74, 6) is 0.0791. The largest absolute Gasteiger partial charge is 0.479 e. The van der Waals surface area contributed by atoms with Crippen LogP contribution in [0, 0.1) is 0 Å². The Hall–Kier alpha value is -2.07. The van der Waals surface area contributed by atoms with E-state index in [0.717, 1.165) is 0 Å². The average Bonchev–Trinajstić information content (AvgIpc) is 2.46. The summed E-state index contributed by atoms with van der Waals surface area (Å²) in [4.78, 5) is 15.9.